The number of nitrogen functional groups attached to an aromatic ring is 1. The van der Waals surface area contributed by atoms with Crippen LogP contribution in [0.25, 0.3) is 6.08 Å². The summed E-state index contributed by atoms with van der Waals surface area (Å²) >= 11 is 0. The van der Waals surface area contributed by atoms with Crippen LogP contribution >= 0.6 is 0 Å². The fraction of sp³-hybridized carbons (Fsp3) is 0.0625. The second-order valence-corrected chi connectivity index (χ2v) is 4.19. The van der Waals surface area contributed by atoms with Crippen molar-refractivity contribution >= 4 is 23.4 Å². The number of carbonyl (C=O) groups excluding carboxylic acids is 1. The van der Waals surface area contributed by atoms with Crippen LogP contribution in [0, 0.1) is 0 Å². The average Bonchev–Trinajstić information content (AvgIpc) is 2.46. The van der Waals surface area contributed by atoms with Gasteiger partial charge < -0.3 is 15.8 Å². The molecule has 2 rings (SSSR count). The molecule has 0 aromatic heterocycles. The van der Waals surface area contributed by atoms with Crippen molar-refractivity contribution in [3.05, 3.63) is 60.2 Å². The van der Waals surface area contributed by atoms with Gasteiger partial charge in [-0.25, -0.2) is 0 Å². The van der Waals surface area contributed by atoms with Crippen LogP contribution in [-0.4, -0.2) is 13.0 Å². The monoisotopic (exact) mass is 268 g/mol. The predicted octanol–water partition coefficient (Wildman–Crippen LogP) is 2.93. The quantitative estimate of drug-likeness (QED) is 0.662. The zero-order valence-corrected chi connectivity index (χ0v) is 11.2. The van der Waals surface area contributed by atoms with E-state index in [-0.39, 0.29) is 5.91 Å². The van der Waals surface area contributed by atoms with Gasteiger partial charge in [0.05, 0.1) is 12.8 Å². The van der Waals surface area contributed by atoms with Gasteiger partial charge in [-0.2, -0.15) is 0 Å². The zero-order valence-electron chi connectivity index (χ0n) is 11.2. The molecule has 2 aromatic rings. The van der Waals surface area contributed by atoms with Crippen LogP contribution in [0.2, 0.25) is 0 Å². The highest BCUT2D eigenvalue weighted by atomic mass is 16.5. The van der Waals surface area contributed by atoms with Crippen LogP contribution in [-0.2, 0) is 4.79 Å². The Kier molecular flexibility index (Phi) is 4.39. The standard InChI is InChI=1S/C16H16N2O2/c1-20-15-9-8-13(11-14(15)17)18-16(19)10-7-12-5-3-2-4-6-12/h2-11H,17H2,1H3,(H,18,19)/b10-7+. The summed E-state index contributed by atoms with van der Waals surface area (Å²) in [6.45, 7) is 0. The number of ether oxygens (including phenoxy) is 1. The Bertz CT molecular complexity index is 622. The van der Waals surface area contributed by atoms with Gasteiger partial charge in [0, 0.05) is 11.8 Å². The van der Waals surface area contributed by atoms with E-state index >= 15 is 0 Å². The number of benzene rings is 2. The summed E-state index contributed by atoms with van der Waals surface area (Å²) < 4.78 is 5.06. The SMILES string of the molecule is COc1ccc(NC(=O)/C=C/c2ccccc2)cc1N. The Morgan fingerprint density at radius 1 is 1.20 bits per heavy atom. The normalized spacial score (nSPS) is 10.4. The third-order valence-electron chi connectivity index (χ3n) is 2.72. The molecule has 1 amide bonds. The van der Waals surface area contributed by atoms with Crippen molar-refractivity contribution in [2.24, 2.45) is 0 Å². The predicted molar refractivity (Wildman–Crippen MR) is 81.5 cm³/mol. The van der Waals surface area contributed by atoms with Gasteiger partial charge in [-0.15, -0.1) is 0 Å². The lowest BCUT2D eigenvalue weighted by molar-refractivity contribution is -0.111. The molecule has 4 nitrogen and oxygen atoms in total. The fourth-order valence-electron chi connectivity index (χ4n) is 1.73. The Morgan fingerprint density at radius 2 is 1.95 bits per heavy atom. The molecule has 0 heterocycles. The van der Waals surface area contributed by atoms with Crippen LogP contribution in [0.5, 0.6) is 5.75 Å². The smallest absolute Gasteiger partial charge is 0.248 e. The van der Waals surface area contributed by atoms with Crippen LogP contribution in [0.4, 0.5) is 11.4 Å². The molecule has 0 fully saturated rings. The summed E-state index contributed by atoms with van der Waals surface area (Å²) in [5.74, 6) is 0.376. The zero-order chi connectivity index (χ0) is 14.4. The van der Waals surface area contributed by atoms with E-state index in [2.05, 4.69) is 5.32 Å². The molecule has 2 aromatic carbocycles. The van der Waals surface area contributed by atoms with E-state index in [1.807, 2.05) is 30.3 Å². The minimum absolute atomic E-state index is 0.210. The molecule has 0 saturated carbocycles. The van der Waals surface area contributed by atoms with Gasteiger partial charge in [0.25, 0.3) is 0 Å². The molecule has 20 heavy (non-hydrogen) atoms. The molecule has 0 atom stereocenters. The first-order chi connectivity index (χ1) is 9.69. The number of amides is 1. The number of nitrogens with one attached hydrogen (secondary N) is 1. The number of methoxy groups -OCH3 is 1. The maximum Gasteiger partial charge on any atom is 0.248 e. The minimum Gasteiger partial charge on any atom is -0.495 e. The van der Waals surface area contributed by atoms with Crippen LogP contribution in [0.15, 0.2) is 54.6 Å². The van der Waals surface area contributed by atoms with E-state index < -0.39 is 0 Å². The Morgan fingerprint density at radius 3 is 2.60 bits per heavy atom. The molecule has 0 aliphatic heterocycles. The van der Waals surface area contributed by atoms with E-state index in [4.69, 9.17) is 10.5 Å². The lowest BCUT2D eigenvalue weighted by Crippen LogP contribution is -2.08. The first kappa shape index (κ1) is 13.7. The van der Waals surface area contributed by atoms with Crippen LogP contribution < -0.4 is 15.8 Å². The molecule has 4 heteroatoms. The maximum atomic E-state index is 11.8. The van der Waals surface area contributed by atoms with Gasteiger partial charge in [-0.05, 0) is 29.8 Å². The highest BCUT2D eigenvalue weighted by Gasteiger charge is 2.02. The van der Waals surface area contributed by atoms with E-state index in [9.17, 15) is 4.79 Å². The average molecular weight is 268 g/mol. The van der Waals surface area contributed by atoms with E-state index in [1.54, 1.807) is 31.4 Å². The lowest BCUT2D eigenvalue weighted by atomic mass is 10.2. The third kappa shape index (κ3) is 3.62. The second kappa shape index (κ2) is 6.43. The van der Waals surface area contributed by atoms with Crippen molar-refractivity contribution in [2.45, 2.75) is 0 Å². The molecule has 0 saturated heterocycles. The molecule has 0 spiro atoms. The van der Waals surface area contributed by atoms with Gasteiger partial charge in [0.2, 0.25) is 5.91 Å². The number of carbonyl (C=O) groups is 1. The summed E-state index contributed by atoms with van der Waals surface area (Å²) in [4.78, 5) is 11.8. The number of nitrogens with two attached hydrogens (primary N) is 1. The van der Waals surface area contributed by atoms with E-state index in [0.717, 1.165) is 5.56 Å². The summed E-state index contributed by atoms with van der Waals surface area (Å²) in [5, 5.41) is 2.74. The van der Waals surface area contributed by atoms with Gasteiger partial charge in [-0.3, -0.25) is 4.79 Å². The highest BCUT2D eigenvalue weighted by molar-refractivity contribution is 6.02. The molecule has 0 bridgehead atoms. The van der Waals surface area contributed by atoms with Crippen molar-refractivity contribution in [1.82, 2.24) is 0 Å². The Balaban J connectivity index is 2.01. The molecule has 0 aliphatic carbocycles. The van der Waals surface area contributed by atoms with E-state index in [0.29, 0.717) is 17.1 Å². The Hall–Kier alpha value is -2.75. The van der Waals surface area contributed by atoms with Crippen molar-refractivity contribution in [3.63, 3.8) is 0 Å². The fourth-order valence-corrected chi connectivity index (χ4v) is 1.73. The number of anilines is 2. The van der Waals surface area contributed by atoms with Crippen molar-refractivity contribution < 1.29 is 9.53 Å². The number of hydrogen-bond acceptors (Lipinski definition) is 3. The van der Waals surface area contributed by atoms with Gasteiger partial charge in [0.1, 0.15) is 5.75 Å². The van der Waals surface area contributed by atoms with Gasteiger partial charge in [0.15, 0.2) is 0 Å². The second-order valence-electron chi connectivity index (χ2n) is 4.19. The minimum atomic E-state index is -0.210. The molecule has 0 radical (unpaired) electrons. The first-order valence-corrected chi connectivity index (χ1v) is 6.16. The summed E-state index contributed by atoms with van der Waals surface area (Å²) in [5.41, 5.74) is 7.86. The topological polar surface area (TPSA) is 64.3 Å². The summed E-state index contributed by atoms with van der Waals surface area (Å²) in [6, 6.07) is 14.7. The van der Waals surface area contributed by atoms with E-state index in [1.165, 1.54) is 6.08 Å². The van der Waals surface area contributed by atoms with Crippen molar-refractivity contribution in [1.29, 1.82) is 0 Å². The molecule has 0 unspecified atom stereocenters. The summed E-state index contributed by atoms with van der Waals surface area (Å²) in [6.07, 6.45) is 3.23. The van der Waals surface area contributed by atoms with Crippen LogP contribution in [0.1, 0.15) is 5.56 Å². The van der Waals surface area contributed by atoms with Gasteiger partial charge in [-0.1, -0.05) is 30.3 Å². The third-order valence-corrected chi connectivity index (χ3v) is 2.72. The number of hydrogen-bond donors (Lipinski definition) is 2. The molecule has 0 aliphatic rings. The molecule has 102 valence electrons. The largest absolute Gasteiger partial charge is 0.495 e. The lowest BCUT2D eigenvalue weighted by Gasteiger charge is -2.07. The summed E-state index contributed by atoms with van der Waals surface area (Å²) in [7, 11) is 1.55. The van der Waals surface area contributed by atoms with Crippen molar-refractivity contribution in [3.8, 4) is 5.75 Å². The first-order valence-electron chi connectivity index (χ1n) is 6.16. The van der Waals surface area contributed by atoms with Crippen molar-refractivity contribution in [2.75, 3.05) is 18.2 Å². The Labute approximate surface area is 117 Å². The highest BCUT2D eigenvalue weighted by Crippen LogP contribution is 2.24. The molecule has 3 N–H and O–H groups in total. The maximum absolute atomic E-state index is 11.8. The molecular formula is C16H16N2O2. The molecular weight excluding hydrogens is 252 g/mol. The van der Waals surface area contributed by atoms with Gasteiger partial charge >= 0.3 is 0 Å². The number of rotatable bonds is 4. The van der Waals surface area contributed by atoms with Crippen LogP contribution in [0.3, 0.4) is 0 Å².